The highest BCUT2D eigenvalue weighted by atomic mass is 32.2. The second-order valence-electron chi connectivity index (χ2n) is 4.32. The molecule has 2 rings (SSSR count). The van der Waals surface area contributed by atoms with Gasteiger partial charge in [0, 0.05) is 11.1 Å². The molecule has 0 heterocycles. The largest absolute Gasteiger partial charge is 0.241 e. The van der Waals surface area contributed by atoms with Gasteiger partial charge >= 0.3 is 0 Å². The quantitative estimate of drug-likeness (QED) is 0.861. The van der Waals surface area contributed by atoms with Crippen LogP contribution in [0.25, 0.3) is 0 Å². The van der Waals surface area contributed by atoms with E-state index >= 15 is 0 Å². The van der Waals surface area contributed by atoms with Crippen LogP contribution in [-0.2, 0) is 10.0 Å². The third kappa shape index (κ3) is 3.27. The number of sulfonamides is 1. The zero-order valence-corrected chi connectivity index (χ0v) is 12.2. The second-order valence-corrected chi connectivity index (χ2v) is 6.18. The summed E-state index contributed by atoms with van der Waals surface area (Å²) in [5.41, 5.74) is 2.32. The van der Waals surface area contributed by atoms with Gasteiger partial charge in [-0.2, -0.15) is 0 Å². The molecule has 0 spiro atoms. The molecule has 0 fully saturated rings. The minimum atomic E-state index is -3.50. The van der Waals surface area contributed by atoms with E-state index in [1.807, 2.05) is 37.3 Å². The molecule has 0 saturated carbocycles. The summed E-state index contributed by atoms with van der Waals surface area (Å²) in [5.74, 6) is 5.92. The van der Waals surface area contributed by atoms with E-state index in [0.29, 0.717) is 5.56 Å². The van der Waals surface area contributed by atoms with Gasteiger partial charge in [0.25, 0.3) is 0 Å². The standard InChI is InChI=1S/C16H15NO2S/c1-13-8-11-16(20(18,19)17-2)15(12-13)10-9-14-6-4-3-5-7-14/h3-8,11-12,17H,1-2H3. The molecule has 0 aliphatic carbocycles. The van der Waals surface area contributed by atoms with Gasteiger partial charge in [-0.15, -0.1) is 0 Å². The van der Waals surface area contributed by atoms with Crippen LogP contribution in [0.2, 0.25) is 0 Å². The number of rotatable bonds is 2. The maximum atomic E-state index is 12.0. The molecule has 0 amide bonds. The van der Waals surface area contributed by atoms with E-state index < -0.39 is 10.0 Å². The number of benzene rings is 2. The lowest BCUT2D eigenvalue weighted by Crippen LogP contribution is -2.19. The Morgan fingerprint density at radius 2 is 1.70 bits per heavy atom. The fraction of sp³-hybridized carbons (Fsp3) is 0.125. The Balaban J connectivity index is 2.52. The van der Waals surface area contributed by atoms with Gasteiger partial charge in [-0.05, 0) is 43.8 Å². The van der Waals surface area contributed by atoms with Crippen LogP contribution in [0.4, 0.5) is 0 Å². The molecule has 0 unspecified atom stereocenters. The average molecular weight is 285 g/mol. The molecule has 3 nitrogen and oxygen atoms in total. The molecule has 0 aliphatic heterocycles. The molecule has 102 valence electrons. The summed E-state index contributed by atoms with van der Waals surface area (Å²) in [6.07, 6.45) is 0. The van der Waals surface area contributed by atoms with Crippen molar-refractivity contribution in [2.45, 2.75) is 11.8 Å². The van der Waals surface area contributed by atoms with Crippen LogP contribution in [0.3, 0.4) is 0 Å². The van der Waals surface area contributed by atoms with E-state index in [0.717, 1.165) is 11.1 Å². The molecular weight excluding hydrogens is 270 g/mol. The van der Waals surface area contributed by atoms with Crippen molar-refractivity contribution < 1.29 is 8.42 Å². The summed E-state index contributed by atoms with van der Waals surface area (Å²) in [6.45, 7) is 1.91. The first-order chi connectivity index (χ1) is 9.53. The third-order valence-electron chi connectivity index (χ3n) is 2.81. The SMILES string of the molecule is CNS(=O)(=O)c1ccc(C)cc1C#Cc1ccccc1. The van der Waals surface area contributed by atoms with Crippen LogP contribution >= 0.6 is 0 Å². The molecule has 0 radical (unpaired) electrons. The molecule has 0 bridgehead atoms. The normalized spacial score (nSPS) is 10.7. The number of hydrogen-bond donors (Lipinski definition) is 1. The van der Waals surface area contributed by atoms with Gasteiger partial charge in [-0.3, -0.25) is 0 Å². The van der Waals surface area contributed by atoms with Gasteiger partial charge in [-0.25, -0.2) is 13.1 Å². The number of nitrogens with one attached hydrogen (secondary N) is 1. The van der Waals surface area contributed by atoms with Crippen LogP contribution < -0.4 is 4.72 Å². The summed E-state index contributed by atoms with van der Waals surface area (Å²) in [5, 5.41) is 0. The van der Waals surface area contributed by atoms with Crippen LogP contribution in [0.1, 0.15) is 16.7 Å². The molecule has 20 heavy (non-hydrogen) atoms. The van der Waals surface area contributed by atoms with Crippen LogP contribution in [0, 0.1) is 18.8 Å². The summed E-state index contributed by atoms with van der Waals surface area (Å²) in [4.78, 5) is 0.203. The van der Waals surface area contributed by atoms with Crippen LogP contribution in [0.15, 0.2) is 53.4 Å². The Morgan fingerprint density at radius 3 is 2.35 bits per heavy atom. The van der Waals surface area contributed by atoms with E-state index in [4.69, 9.17) is 0 Å². The highest BCUT2D eigenvalue weighted by molar-refractivity contribution is 7.89. The third-order valence-corrected chi connectivity index (χ3v) is 4.28. The maximum absolute atomic E-state index is 12.0. The average Bonchev–Trinajstić information content (AvgIpc) is 2.46. The Morgan fingerprint density at radius 1 is 1.00 bits per heavy atom. The second kappa shape index (κ2) is 5.91. The zero-order chi connectivity index (χ0) is 14.6. The smallest absolute Gasteiger partial charge is 0.214 e. The van der Waals surface area contributed by atoms with Crippen molar-refractivity contribution in [2.75, 3.05) is 7.05 Å². The van der Waals surface area contributed by atoms with Crippen molar-refractivity contribution in [1.82, 2.24) is 4.72 Å². The predicted molar refractivity (Wildman–Crippen MR) is 79.8 cm³/mol. The monoisotopic (exact) mass is 285 g/mol. The van der Waals surface area contributed by atoms with E-state index in [1.54, 1.807) is 18.2 Å². The molecule has 4 heteroatoms. The van der Waals surface area contributed by atoms with Gasteiger partial charge in [-0.1, -0.05) is 36.1 Å². The van der Waals surface area contributed by atoms with E-state index in [9.17, 15) is 8.42 Å². The molecule has 0 saturated heterocycles. The molecule has 1 N–H and O–H groups in total. The number of hydrogen-bond acceptors (Lipinski definition) is 2. The van der Waals surface area contributed by atoms with Crippen LogP contribution in [0.5, 0.6) is 0 Å². The van der Waals surface area contributed by atoms with Gasteiger partial charge in [0.2, 0.25) is 10.0 Å². The fourth-order valence-electron chi connectivity index (χ4n) is 1.75. The first-order valence-corrected chi connectivity index (χ1v) is 7.62. The fourth-order valence-corrected chi connectivity index (χ4v) is 2.61. The first kappa shape index (κ1) is 14.3. The zero-order valence-electron chi connectivity index (χ0n) is 11.3. The molecule has 2 aromatic carbocycles. The lowest BCUT2D eigenvalue weighted by Gasteiger charge is -2.06. The van der Waals surface area contributed by atoms with Crippen molar-refractivity contribution in [2.24, 2.45) is 0 Å². The highest BCUT2D eigenvalue weighted by Gasteiger charge is 2.15. The highest BCUT2D eigenvalue weighted by Crippen LogP contribution is 2.16. The summed E-state index contributed by atoms with van der Waals surface area (Å²) in [6, 6.07) is 14.6. The molecule has 0 aliphatic rings. The van der Waals surface area contributed by atoms with Crippen molar-refractivity contribution >= 4 is 10.0 Å². The molecular formula is C16H15NO2S. The lowest BCUT2D eigenvalue weighted by molar-refractivity contribution is 0.588. The van der Waals surface area contributed by atoms with Crippen molar-refractivity contribution in [3.05, 3.63) is 65.2 Å². The first-order valence-electron chi connectivity index (χ1n) is 6.14. The minimum absolute atomic E-state index is 0.203. The molecule has 0 aromatic heterocycles. The van der Waals surface area contributed by atoms with E-state index in [-0.39, 0.29) is 4.90 Å². The number of aryl methyl sites for hydroxylation is 1. The van der Waals surface area contributed by atoms with Gasteiger partial charge in [0.1, 0.15) is 0 Å². The van der Waals surface area contributed by atoms with E-state index in [2.05, 4.69) is 16.6 Å². The topological polar surface area (TPSA) is 46.2 Å². The Bertz CT molecular complexity index is 769. The molecule has 2 aromatic rings. The summed E-state index contributed by atoms with van der Waals surface area (Å²) < 4.78 is 26.3. The Hall–Kier alpha value is -2.09. The summed E-state index contributed by atoms with van der Waals surface area (Å²) in [7, 11) is -2.11. The maximum Gasteiger partial charge on any atom is 0.241 e. The van der Waals surface area contributed by atoms with Gasteiger partial charge in [0.05, 0.1) is 4.90 Å². The van der Waals surface area contributed by atoms with Crippen molar-refractivity contribution in [3.8, 4) is 11.8 Å². The Labute approximate surface area is 119 Å². The predicted octanol–water partition coefficient (Wildman–Crippen LogP) is 2.30. The van der Waals surface area contributed by atoms with Gasteiger partial charge < -0.3 is 0 Å². The van der Waals surface area contributed by atoms with Crippen molar-refractivity contribution in [3.63, 3.8) is 0 Å². The Kier molecular flexibility index (Phi) is 4.23. The lowest BCUT2D eigenvalue weighted by atomic mass is 10.1. The van der Waals surface area contributed by atoms with E-state index in [1.165, 1.54) is 7.05 Å². The van der Waals surface area contributed by atoms with Crippen LogP contribution in [-0.4, -0.2) is 15.5 Å². The van der Waals surface area contributed by atoms with Gasteiger partial charge in [0.15, 0.2) is 0 Å². The van der Waals surface area contributed by atoms with Crippen molar-refractivity contribution in [1.29, 1.82) is 0 Å². The minimum Gasteiger partial charge on any atom is -0.214 e. The summed E-state index contributed by atoms with van der Waals surface area (Å²) >= 11 is 0. The molecule has 0 atom stereocenters.